The van der Waals surface area contributed by atoms with Gasteiger partial charge in [0.15, 0.2) is 0 Å². The van der Waals surface area contributed by atoms with Crippen LogP contribution >= 0.6 is 0 Å². The molecule has 2 aromatic rings. The number of H-pyrrole nitrogens is 1. The first-order chi connectivity index (χ1) is 9.65. The second kappa shape index (κ2) is 5.09. The van der Waals surface area contributed by atoms with Crippen LogP contribution in [0.15, 0.2) is 29.1 Å². The van der Waals surface area contributed by atoms with Gasteiger partial charge in [-0.05, 0) is 18.9 Å². The number of aromatic amines is 1. The van der Waals surface area contributed by atoms with Crippen LogP contribution in [0.5, 0.6) is 5.88 Å². The number of aromatic nitrogens is 2. The van der Waals surface area contributed by atoms with Gasteiger partial charge in [-0.1, -0.05) is 29.8 Å². The van der Waals surface area contributed by atoms with E-state index in [9.17, 15) is 9.90 Å². The smallest absolute Gasteiger partial charge is 0.262 e. The number of aryl methyl sites for hydroxylation is 1. The summed E-state index contributed by atoms with van der Waals surface area (Å²) in [5.41, 5.74) is 1.66. The van der Waals surface area contributed by atoms with Crippen molar-refractivity contribution in [3.8, 4) is 17.0 Å². The number of nitrogens with zero attached hydrogens (tertiary/aromatic N) is 1. The van der Waals surface area contributed by atoms with Gasteiger partial charge in [0.25, 0.3) is 5.56 Å². The topological polar surface area (TPSA) is 75.2 Å². The Bertz CT molecular complexity index is 671. The fourth-order valence-corrected chi connectivity index (χ4v) is 2.40. The van der Waals surface area contributed by atoms with Crippen molar-refractivity contribution in [2.45, 2.75) is 19.3 Å². The lowest BCUT2D eigenvalue weighted by atomic mass is 10.1. The molecule has 0 bridgehead atoms. The van der Waals surface area contributed by atoms with E-state index in [2.05, 4.69) is 9.97 Å². The molecule has 1 aromatic carbocycles. The Morgan fingerprint density at radius 2 is 2.10 bits per heavy atom. The van der Waals surface area contributed by atoms with Gasteiger partial charge in [0, 0.05) is 12.5 Å². The third-order valence-electron chi connectivity index (χ3n) is 3.58. The number of ether oxygens (including phenoxy) is 1. The third kappa shape index (κ3) is 2.32. The minimum absolute atomic E-state index is 0.0562. The van der Waals surface area contributed by atoms with Crippen molar-refractivity contribution in [2.24, 2.45) is 0 Å². The van der Waals surface area contributed by atoms with Crippen molar-refractivity contribution in [1.82, 2.24) is 9.97 Å². The average Bonchev–Trinajstić information content (AvgIpc) is 2.94. The van der Waals surface area contributed by atoms with Crippen LogP contribution in [-0.2, 0) is 4.74 Å². The van der Waals surface area contributed by atoms with Crippen LogP contribution < -0.4 is 5.56 Å². The van der Waals surface area contributed by atoms with Crippen LogP contribution in [0.4, 0.5) is 0 Å². The number of hydrogen-bond acceptors (Lipinski definition) is 4. The highest BCUT2D eigenvalue weighted by atomic mass is 16.5. The van der Waals surface area contributed by atoms with Crippen molar-refractivity contribution in [1.29, 1.82) is 0 Å². The molecule has 1 aliphatic rings. The van der Waals surface area contributed by atoms with E-state index in [0.29, 0.717) is 24.6 Å². The maximum Gasteiger partial charge on any atom is 0.262 e. The summed E-state index contributed by atoms with van der Waals surface area (Å²) in [6.45, 7) is 3.16. The molecule has 20 heavy (non-hydrogen) atoms. The van der Waals surface area contributed by atoms with Crippen LogP contribution in [0.2, 0.25) is 0 Å². The fourth-order valence-electron chi connectivity index (χ4n) is 2.40. The summed E-state index contributed by atoms with van der Waals surface area (Å²) in [4.78, 5) is 19.1. The molecule has 0 spiro atoms. The van der Waals surface area contributed by atoms with E-state index in [1.165, 1.54) is 0 Å². The average molecular weight is 272 g/mol. The number of nitrogens with one attached hydrogen (secondary N) is 1. The Hall–Kier alpha value is -2.14. The van der Waals surface area contributed by atoms with Crippen LogP contribution in [0.3, 0.4) is 0 Å². The normalized spacial score (nSPS) is 18.4. The number of hydrogen-bond donors (Lipinski definition) is 2. The van der Waals surface area contributed by atoms with E-state index < -0.39 is 0 Å². The van der Waals surface area contributed by atoms with Crippen LogP contribution in [0, 0.1) is 6.92 Å². The summed E-state index contributed by atoms with van der Waals surface area (Å²) in [7, 11) is 0. The zero-order chi connectivity index (χ0) is 14.1. The Morgan fingerprint density at radius 3 is 2.70 bits per heavy atom. The Kier molecular flexibility index (Phi) is 3.28. The molecule has 1 unspecified atom stereocenters. The van der Waals surface area contributed by atoms with Gasteiger partial charge in [-0.25, -0.2) is 0 Å². The lowest BCUT2D eigenvalue weighted by Crippen LogP contribution is -2.16. The first kappa shape index (κ1) is 12.9. The first-order valence-electron chi connectivity index (χ1n) is 6.63. The SMILES string of the molecule is Cc1ccc(-c2c(O)nc(C3CCOC3)[nH]c2=O)cc1. The van der Waals surface area contributed by atoms with Gasteiger partial charge in [-0.15, -0.1) is 0 Å². The summed E-state index contributed by atoms with van der Waals surface area (Å²) in [5.74, 6) is 0.334. The Morgan fingerprint density at radius 1 is 1.35 bits per heavy atom. The molecule has 0 saturated carbocycles. The summed E-state index contributed by atoms with van der Waals surface area (Å²) < 4.78 is 5.28. The highest BCUT2D eigenvalue weighted by molar-refractivity contribution is 5.67. The van der Waals surface area contributed by atoms with E-state index >= 15 is 0 Å². The second-order valence-corrected chi connectivity index (χ2v) is 5.08. The van der Waals surface area contributed by atoms with Gasteiger partial charge < -0.3 is 14.8 Å². The summed E-state index contributed by atoms with van der Waals surface area (Å²) >= 11 is 0. The standard InChI is InChI=1S/C15H16N2O3/c1-9-2-4-10(5-3-9)12-14(18)16-13(17-15(12)19)11-6-7-20-8-11/h2-5,11H,6-8H2,1H3,(H2,16,17,18,19). The summed E-state index contributed by atoms with van der Waals surface area (Å²) in [6.07, 6.45) is 0.812. The van der Waals surface area contributed by atoms with Gasteiger partial charge >= 0.3 is 0 Å². The molecule has 0 aliphatic carbocycles. The third-order valence-corrected chi connectivity index (χ3v) is 3.58. The predicted octanol–water partition coefficient (Wildman–Crippen LogP) is 1.95. The van der Waals surface area contributed by atoms with Crippen molar-refractivity contribution in [3.05, 3.63) is 46.0 Å². The van der Waals surface area contributed by atoms with E-state index in [1.807, 2.05) is 19.1 Å². The van der Waals surface area contributed by atoms with E-state index in [4.69, 9.17) is 4.74 Å². The maximum absolute atomic E-state index is 12.2. The van der Waals surface area contributed by atoms with Gasteiger partial charge in [0.1, 0.15) is 11.4 Å². The molecule has 0 amide bonds. The molecule has 3 rings (SSSR count). The Balaban J connectivity index is 2.04. The van der Waals surface area contributed by atoms with Crippen LogP contribution in [-0.4, -0.2) is 28.3 Å². The molecule has 2 N–H and O–H groups in total. The van der Waals surface area contributed by atoms with Crippen LogP contribution in [0.1, 0.15) is 23.7 Å². The molecule has 1 aliphatic heterocycles. The van der Waals surface area contributed by atoms with Crippen molar-refractivity contribution in [2.75, 3.05) is 13.2 Å². The quantitative estimate of drug-likeness (QED) is 0.876. The second-order valence-electron chi connectivity index (χ2n) is 5.08. The molecule has 5 nitrogen and oxygen atoms in total. The minimum atomic E-state index is -0.316. The molecule has 0 radical (unpaired) electrons. The fraction of sp³-hybridized carbons (Fsp3) is 0.333. The maximum atomic E-state index is 12.2. The molecule has 104 valence electrons. The van der Waals surface area contributed by atoms with Crippen LogP contribution in [0.25, 0.3) is 11.1 Å². The number of benzene rings is 1. The molecule has 2 heterocycles. The molecular weight excluding hydrogens is 256 g/mol. The number of aromatic hydroxyl groups is 1. The molecule has 1 saturated heterocycles. The molecule has 1 atom stereocenters. The van der Waals surface area contributed by atoms with Crippen molar-refractivity contribution < 1.29 is 9.84 Å². The van der Waals surface area contributed by atoms with Crippen molar-refractivity contribution in [3.63, 3.8) is 0 Å². The Labute approximate surface area is 116 Å². The van der Waals surface area contributed by atoms with E-state index in [-0.39, 0.29) is 22.9 Å². The largest absolute Gasteiger partial charge is 0.493 e. The molecule has 1 aromatic heterocycles. The zero-order valence-corrected chi connectivity index (χ0v) is 11.2. The highest BCUT2D eigenvalue weighted by Crippen LogP contribution is 2.27. The summed E-state index contributed by atoms with van der Waals surface area (Å²) in [6, 6.07) is 7.40. The van der Waals surface area contributed by atoms with Crippen molar-refractivity contribution >= 4 is 0 Å². The first-order valence-corrected chi connectivity index (χ1v) is 6.63. The predicted molar refractivity (Wildman–Crippen MR) is 74.9 cm³/mol. The minimum Gasteiger partial charge on any atom is -0.493 e. The zero-order valence-electron chi connectivity index (χ0n) is 11.2. The lowest BCUT2D eigenvalue weighted by molar-refractivity contribution is 0.193. The summed E-state index contributed by atoms with van der Waals surface area (Å²) in [5, 5.41) is 10.1. The molecule has 5 heteroatoms. The monoisotopic (exact) mass is 272 g/mol. The molecule has 1 fully saturated rings. The van der Waals surface area contributed by atoms with Gasteiger partial charge in [-0.2, -0.15) is 4.98 Å². The van der Waals surface area contributed by atoms with E-state index in [1.54, 1.807) is 12.1 Å². The van der Waals surface area contributed by atoms with Gasteiger partial charge in [0.05, 0.1) is 6.61 Å². The molecular formula is C15H16N2O3. The van der Waals surface area contributed by atoms with E-state index in [0.717, 1.165) is 12.0 Å². The van der Waals surface area contributed by atoms with Gasteiger partial charge in [0.2, 0.25) is 5.88 Å². The highest BCUT2D eigenvalue weighted by Gasteiger charge is 2.22. The van der Waals surface area contributed by atoms with Gasteiger partial charge in [-0.3, -0.25) is 4.79 Å². The number of rotatable bonds is 2. The lowest BCUT2D eigenvalue weighted by Gasteiger charge is -2.09.